The van der Waals surface area contributed by atoms with Gasteiger partial charge in [0.1, 0.15) is 34.6 Å². The summed E-state index contributed by atoms with van der Waals surface area (Å²) in [6, 6.07) is 27.7. The number of amides is 1. The van der Waals surface area contributed by atoms with Gasteiger partial charge in [0.05, 0.1) is 4.24 Å². The molecule has 4 rings (SSSR count). The number of rotatable bonds is 12. The van der Waals surface area contributed by atoms with Gasteiger partial charge in [-0.2, -0.15) is 5.26 Å². The quantitative estimate of drug-likeness (QED) is 0.0909. The molecule has 14 heteroatoms. The lowest BCUT2D eigenvalue weighted by Crippen LogP contribution is -2.17. The number of hydrogen-bond donors (Lipinski definition) is 1. The maximum Gasteiger partial charge on any atom is 0.573 e. The van der Waals surface area contributed by atoms with E-state index in [2.05, 4.69) is 14.8 Å². The fourth-order valence-electron chi connectivity index (χ4n) is 3.67. The third-order valence-electron chi connectivity index (χ3n) is 5.69. The van der Waals surface area contributed by atoms with E-state index in [4.69, 9.17) is 4.74 Å². The van der Waals surface area contributed by atoms with Crippen LogP contribution in [0.1, 0.15) is 11.1 Å². The summed E-state index contributed by atoms with van der Waals surface area (Å²) in [4.78, 5) is 13.2. The van der Waals surface area contributed by atoms with Crippen molar-refractivity contribution in [1.29, 1.82) is 5.26 Å². The summed E-state index contributed by atoms with van der Waals surface area (Å²) in [5.74, 6) is -0.0168. The number of nitriles is 1. The first-order valence-electron chi connectivity index (χ1n) is 13.1. The van der Waals surface area contributed by atoms with Gasteiger partial charge in [-0.1, -0.05) is 42.5 Å². The smallest absolute Gasteiger partial charge is 0.457 e. The number of carbonyl (C=O) groups excluding carboxylic acids is 1. The number of ether oxygens (including phenoxy) is 3. The second-order valence-corrected chi connectivity index (χ2v) is 11.4. The predicted molar refractivity (Wildman–Crippen MR) is 163 cm³/mol. The number of para-hydroxylation sites is 1. The minimum absolute atomic E-state index is 0.178. The van der Waals surface area contributed by atoms with E-state index < -0.39 is 30.1 Å². The Morgan fingerprint density at radius 2 is 1.09 bits per heavy atom. The highest BCUT2D eigenvalue weighted by molar-refractivity contribution is 8.21. The SMILES string of the molecule is N#CC(C(=O)Nc1ccc(Oc2ccccc2)cc1)=C(SCc1ccc(OC(F)(F)F)cc1)SCc1ccc(OC(F)(F)F)cc1. The van der Waals surface area contributed by atoms with Crippen LogP contribution < -0.4 is 19.5 Å². The topological polar surface area (TPSA) is 80.6 Å². The molecule has 238 valence electrons. The van der Waals surface area contributed by atoms with Gasteiger partial charge >= 0.3 is 12.7 Å². The third-order valence-corrected chi connectivity index (χ3v) is 8.28. The summed E-state index contributed by atoms with van der Waals surface area (Å²) in [6.45, 7) is 0. The Hall–Kier alpha value is -4.74. The highest BCUT2D eigenvalue weighted by Gasteiger charge is 2.31. The molecule has 0 atom stereocenters. The number of thioether (sulfide) groups is 2. The largest absolute Gasteiger partial charge is 0.573 e. The molecule has 0 aliphatic heterocycles. The molecule has 0 bridgehead atoms. The van der Waals surface area contributed by atoms with Crippen LogP contribution in [0.5, 0.6) is 23.0 Å². The number of hydrogen-bond acceptors (Lipinski definition) is 7. The summed E-state index contributed by atoms with van der Waals surface area (Å²) in [5.41, 5.74) is 1.32. The molecule has 4 aromatic carbocycles. The van der Waals surface area contributed by atoms with Crippen molar-refractivity contribution in [3.8, 4) is 29.1 Å². The molecule has 0 spiro atoms. The average Bonchev–Trinajstić information content (AvgIpc) is 3.00. The van der Waals surface area contributed by atoms with E-state index in [9.17, 15) is 36.4 Å². The average molecular weight is 677 g/mol. The van der Waals surface area contributed by atoms with Gasteiger partial charge in [-0.05, 0) is 71.8 Å². The van der Waals surface area contributed by atoms with Crippen LogP contribution in [0.4, 0.5) is 32.0 Å². The summed E-state index contributed by atoms with van der Waals surface area (Å²) < 4.78 is 88.9. The van der Waals surface area contributed by atoms with E-state index in [1.165, 1.54) is 24.3 Å². The lowest BCUT2D eigenvalue weighted by molar-refractivity contribution is -0.275. The molecule has 0 unspecified atom stereocenters. The Morgan fingerprint density at radius 1 is 0.652 bits per heavy atom. The van der Waals surface area contributed by atoms with Crippen LogP contribution in [0.25, 0.3) is 0 Å². The second kappa shape index (κ2) is 15.5. The fourth-order valence-corrected chi connectivity index (χ4v) is 5.90. The molecule has 0 fully saturated rings. The minimum Gasteiger partial charge on any atom is -0.457 e. The highest BCUT2D eigenvalue weighted by Crippen LogP contribution is 2.37. The van der Waals surface area contributed by atoms with Crippen molar-refractivity contribution in [2.24, 2.45) is 0 Å². The first-order valence-corrected chi connectivity index (χ1v) is 15.1. The molecular formula is C32H22F6N2O4S2. The number of nitrogens with zero attached hydrogens (tertiary/aromatic N) is 1. The van der Waals surface area contributed by atoms with Crippen LogP contribution in [0.2, 0.25) is 0 Å². The Kier molecular flexibility index (Phi) is 11.5. The Labute approximate surface area is 268 Å². The van der Waals surface area contributed by atoms with E-state index in [0.29, 0.717) is 28.3 Å². The molecule has 0 radical (unpaired) electrons. The van der Waals surface area contributed by atoms with Crippen LogP contribution >= 0.6 is 23.5 Å². The molecular weight excluding hydrogens is 654 g/mol. The lowest BCUT2D eigenvalue weighted by atomic mass is 10.2. The molecule has 0 saturated heterocycles. The summed E-state index contributed by atoms with van der Waals surface area (Å²) in [5, 5.41) is 12.6. The van der Waals surface area contributed by atoms with Gasteiger partial charge in [0.15, 0.2) is 0 Å². The van der Waals surface area contributed by atoms with E-state index in [1.807, 2.05) is 24.3 Å². The number of carbonyl (C=O) groups is 1. The van der Waals surface area contributed by atoms with Crippen molar-refractivity contribution in [1.82, 2.24) is 0 Å². The zero-order valence-electron chi connectivity index (χ0n) is 23.4. The maximum absolute atomic E-state index is 13.2. The van der Waals surface area contributed by atoms with Crippen molar-refractivity contribution >= 4 is 35.1 Å². The zero-order valence-corrected chi connectivity index (χ0v) is 25.0. The Bertz CT molecular complexity index is 1610. The number of halogens is 6. The van der Waals surface area contributed by atoms with E-state index in [-0.39, 0.29) is 21.3 Å². The number of anilines is 1. The molecule has 0 saturated carbocycles. The third kappa shape index (κ3) is 11.3. The van der Waals surface area contributed by atoms with Gasteiger partial charge in [0, 0.05) is 17.2 Å². The first-order chi connectivity index (χ1) is 21.9. The van der Waals surface area contributed by atoms with Gasteiger partial charge in [-0.15, -0.1) is 49.9 Å². The van der Waals surface area contributed by atoms with Crippen LogP contribution in [0, 0.1) is 11.3 Å². The van der Waals surface area contributed by atoms with Crippen molar-refractivity contribution in [2.45, 2.75) is 24.2 Å². The summed E-state index contributed by atoms with van der Waals surface area (Å²) in [6.07, 6.45) is -9.69. The van der Waals surface area contributed by atoms with Crippen molar-refractivity contribution in [3.05, 3.63) is 124 Å². The van der Waals surface area contributed by atoms with Crippen LogP contribution in [-0.4, -0.2) is 18.6 Å². The minimum atomic E-state index is -4.84. The van der Waals surface area contributed by atoms with Crippen molar-refractivity contribution in [3.63, 3.8) is 0 Å². The van der Waals surface area contributed by atoms with Crippen LogP contribution in [0.3, 0.4) is 0 Å². The van der Waals surface area contributed by atoms with Crippen LogP contribution in [-0.2, 0) is 16.3 Å². The predicted octanol–water partition coefficient (Wildman–Crippen LogP) is 9.82. The van der Waals surface area contributed by atoms with E-state index in [1.54, 1.807) is 36.4 Å². The number of alkyl halides is 6. The Morgan fingerprint density at radius 3 is 1.52 bits per heavy atom. The molecule has 1 amide bonds. The van der Waals surface area contributed by atoms with Gasteiger partial charge < -0.3 is 19.5 Å². The van der Waals surface area contributed by atoms with Gasteiger partial charge in [-0.25, -0.2) is 0 Å². The van der Waals surface area contributed by atoms with Crippen molar-refractivity contribution < 1.29 is 45.3 Å². The van der Waals surface area contributed by atoms with Crippen molar-refractivity contribution in [2.75, 3.05) is 5.32 Å². The van der Waals surface area contributed by atoms with Crippen LogP contribution in [0.15, 0.2) is 113 Å². The van der Waals surface area contributed by atoms with Gasteiger partial charge in [0.2, 0.25) is 0 Å². The monoisotopic (exact) mass is 676 g/mol. The van der Waals surface area contributed by atoms with Gasteiger partial charge in [-0.3, -0.25) is 4.79 Å². The first kappa shape index (κ1) is 34.1. The molecule has 0 heterocycles. The number of nitrogens with one attached hydrogen (secondary N) is 1. The molecule has 0 aliphatic rings. The lowest BCUT2D eigenvalue weighted by Gasteiger charge is -2.13. The molecule has 46 heavy (non-hydrogen) atoms. The molecule has 0 aliphatic carbocycles. The van der Waals surface area contributed by atoms with Gasteiger partial charge in [0.25, 0.3) is 5.91 Å². The molecule has 6 nitrogen and oxygen atoms in total. The van der Waals surface area contributed by atoms with E-state index in [0.717, 1.165) is 47.8 Å². The standard InChI is InChI=1S/C32H22F6N2O4S2/c33-31(34,35)43-26-12-6-21(7-13-26)19-45-30(46-20-22-8-14-27(15-9-22)44-32(36,37)38)28(18-39)29(41)40-23-10-16-25(17-11-23)42-24-4-2-1-3-5-24/h1-17H,19-20H2,(H,40,41). The second-order valence-electron chi connectivity index (χ2n) is 9.13. The highest BCUT2D eigenvalue weighted by atomic mass is 32.2. The summed E-state index contributed by atoms with van der Waals surface area (Å²) in [7, 11) is 0. The number of benzene rings is 4. The summed E-state index contributed by atoms with van der Waals surface area (Å²) >= 11 is 2.20. The maximum atomic E-state index is 13.2. The fraction of sp³-hybridized carbons (Fsp3) is 0.125. The zero-order chi connectivity index (χ0) is 33.2. The molecule has 1 N–H and O–H groups in total. The molecule has 4 aromatic rings. The normalized spacial score (nSPS) is 11.2. The van der Waals surface area contributed by atoms with E-state index >= 15 is 0 Å². The molecule has 0 aromatic heterocycles. The Balaban J connectivity index is 1.50.